The second-order valence-corrected chi connectivity index (χ2v) is 7.09. The first-order chi connectivity index (χ1) is 10.9. The highest BCUT2D eigenvalue weighted by Crippen LogP contribution is 2.32. The maximum atomic E-state index is 11.5. The maximum absolute atomic E-state index is 11.5. The van der Waals surface area contributed by atoms with Gasteiger partial charge >= 0.3 is 5.30 Å². The molecule has 0 N–H and O–H groups in total. The lowest BCUT2D eigenvalue weighted by molar-refractivity contribution is 0.200. The zero-order valence-corrected chi connectivity index (χ0v) is 16.0. The number of halogens is 1. The Bertz CT molecular complexity index is 728. The van der Waals surface area contributed by atoms with E-state index in [4.69, 9.17) is 9.47 Å². The molecule has 2 rings (SSSR count). The van der Waals surface area contributed by atoms with Gasteiger partial charge in [-0.25, -0.2) is 4.79 Å². The van der Waals surface area contributed by atoms with Crippen LogP contribution in [0.25, 0.3) is 0 Å². The van der Waals surface area contributed by atoms with Crippen molar-refractivity contribution >= 4 is 33.0 Å². The van der Waals surface area contributed by atoms with Crippen LogP contribution < -0.4 is 4.74 Å². The van der Waals surface area contributed by atoms with Gasteiger partial charge in [-0.05, 0) is 67.4 Å². The lowest BCUT2D eigenvalue weighted by Gasteiger charge is -2.14. The van der Waals surface area contributed by atoms with Gasteiger partial charge in [-0.3, -0.25) is 0 Å². The molecule has 0 aromatic heterocycles. The highest BCUT2D eigenvalue weighted by Gasteiger charge is 2.13. The number of ether oxygens (including phenoxy) is 2. The number of rotatable bonds is 4. The summed E-state index contributed by atoms with van der Waals surface area (Å²) in [7, 11) is 1.38. The van der Waals surface area contributed by atoms with E-state index < -0.39 is 0 Å². The molecular weight excluding hydrogens is 376 g/mol. The highest BCUT2D eigenvalue weighted by molar-refractivity contribution is 9.10. The molecule has 0 amide bonds. The van der Waals surface area contributed by atoms with Crippen molar-refractivity contribution in [3.05, 3.63) is 57.1 Å². The number of aryl methyl sites for hydroxylation is 3. The molecule has 122 valence electrons. The summed E-state index contributed by atoms with van der Waals surface area (Å²) in [6.07, 6.45) is 0. The van der Waals surface area contributed by atoms with Crippen LogP contribution in [0.5, 0.6) is 5.75 Å². The number of benzene rings is 2. The predicted molar refractivity (Wildman–Crippen MR) is 97.4 cm³/mol. The zero-order chi connectivity index (χ0) is 17.0. The fourth-order valence-electron chi connectivity index (χ4n) is 2.15. The van der Waals surface area contributed by atoms with E-state index in [1.807, 2.05) is 25.1 Å². The molecule has 2 aromatic rings. The Kier molecular flexibility index (Phi) is 6.13. The minimum absolute atomic E-state index is 0.341. The Morgan fingerprint density at radius 3 is 2.52 bits per heavy atom. The van der Waals surface area contributed by atoms with E-state index in [0.29, 0.717) is 6.61 Å². The Morgan fingerprint density at radius 1 is 1.13 bits per heavy atom. The lowest BCUT2D eigenvalue weighted by atomic mass is 10.1. The molecule has 2 aromatic carbocycles. The van der Waals surface area contributed by atoms with Crippen molar-refractivity contribution in [3.8, 4) is 5.75 Å². The average Bonchev–Trinajstić information content (AvgIpc) is 2.51. The van der Waals surface area contributed by atoms with Gasteiger partial charge in [0.2, 0.25) is 0 Å². The summed E-state index contributed by atoms with van der Waals surface area (Å²) < 4.78 is 11.6. The molecule has 0 atom stereocenters. The van der Waals surface area contributed by atoms with Crippen molar-refractivity contribution in [2.45, 2.75) is 32.3 Å². The van der Waals surface area contributed by atoms with E-state index in [-0.39, 0.29) is 5.30 Å². The van der Waals surface area contributed by atoms with Gasteiger partial charge in [-0.2, -0.15) is 0 Å². The minimum Gasteiger partial charge on any atom is -0.489 e. The largest absolute Gasteiger partial charge is 0.489 e. The third-order valence-corrected chi connectivity index (χ3v) is 5.28. The van der Waals surface area contributed by atoms with Crippen LogP contribution in [0, 0.1) is 20.8 Å². The minimum atomic E-state index is -0.341. The van der Waals surface area contributed by atoms with Gasteiger partial charge in [0.1, 0.15) is 12.4 Å². The number of hydrogen-bond donors (Lipinski definition) is 0. The third kappa shape index (κ3) is 4.52. The molecule has 0 aliphatic heterocycles. The van der Waals surface area contributed by atoms with Crippen molar-refractivity contribution in [1.82, 2.24) is 0 Å². The Morgan fingerprint density at radius 2 is 1.83 bits per heavy atom. The Balaban J connectivity index is 2.23. The van der Waals surface area contributed by atoms with Crippen molar-refractivity contribution in [2.75, 3.05) is 7.11 Å². The van der Waals surface area contributed by atoms with E-state index in [9.17, 15) is 4.79 Å². The highest BCUT2D eigenvalue weighted by atomic mass is 79.9. The summed E-state index contributed by atoms with van der Waals surface area (Å²) in [4.78, 5) is 12.4. The van der Waals surface area contributed by atoms with E-state index >= 15 is 0 Å². The fraction of sp³-hybridized carbons (Fsp3) is 0.278. The first kappa shape index (κ1) is 17.9. The van der Waals surface area contributed by atoms with Crippen LogP contribution in [-0.2, 0) is 11.3 Å². The summed E-state index contributed by atoms with van der Waals surface area (Å²) in [5.74, 6) is 0.859. The van der Waals surface area contributed by atoms with E-state index in [1.165, 1.54) is 18.2 Å². The van der Waals surface area contributed by atoms with Crippen molar-refractivity contribution in [1.29, 1.82) is 0 Å². The Labute approximate surface area is 149 Å². The average molecular weight is 395 g/mol. The van der Waals surface area contributed by atoms with Crippen molar-refractivity contribution in [3.63, 3.8) is 0 Å². The Hall–Kier alpha value is -1.46. The lowest BCUT2D eigenvalue weighted by Crippen LogP contribution is -2.02. The van der Waals surface area contributed by atoms with Gasteiger partial charge in [0.05, 0.1) is 7.11 Å². The standard InChI is InChI=1S/C18H19BrO3S/c1-11-8-13(3)16(9-12(11)2)22-10-14-15(19)6-5-7-17(14)23-18(20)21-4/h5-9H,10H2,1-4H3. The molecule has 0 spiro atoms. The van der Waals surface area contributed by atoms with Crippen molar-refractivity contribution in [2.24, 2.45) is 0 Å². The molecule has 0 fully saturated rings. The molecular formula is C18H19BrO3S. The topological polar surface area (TPSA) is 35.5 Å². The summed E-state index contributed by atoms with van der Waals surface area (Å²) in [5, 5.41) is -0.341. The molecule has 0 bridgehead atoms. The maximum Gasteiger partial charge on any atom is 0.371 e. The van der Waals surface area contributed by atoms with Crippen LogP contribution >= 0.6 is 27.7 Å². The smallest absolute Gasteiger partial charge is 0.371 e. The van der Waals surface area contributed by atoms with Crippen LogP contribution in [0.15, 0.2) is 39.7 Å². The van der Waals surface area contributed by atoms with E-state index in [0.717, 1.165) is 38.0 Å². The summed E-state index contributed by atoms with van der Waals surface area (Å²) in [6.45, 7) is 6.57. The second kappa shape index (κ2) is 7.88. The van der Waals surface area contributed by atoms with Gasteiger partial charge in [-0.1, -0.05) is 28.1 Å². The SMILES string of the molecule is COC(=O)Sc1cccc(Br)c1COc1cc(C)c(C)cc1C. The van der Waals surface area contributed by atoms with Crippen molar-refractivity contribution < 1.29 is 14.3 Å². The van der Waals surface area contributed by atoms with Crippen LogP contribution in [0.1, 0.15) is 22.3 Å². The third-order valence-electron chi connectivity index (χ3n) is 3.60. The number of hydrogen-bond acceptors (Lipinski definition) is 4. The molecule has 0 saturated carbocycles. The summed E-state index contributed by atoms with van der Waals surface area (Å²) in [6, 6.07) is 9.88. The second-order valence-electron chi connectivity index (χ2n) is 5.26. The van der Waals surface area contributed by atoms with Gasteiger partial charge in [0.15, 0.2) is 0 Å². The van der Waals surface area contributed by atoms with E-state index in [1.54, 1.807) is 0 Å². The van der Waals surface area contributed by atoms with Gasteiger partial charge < -0.3 is 9.47 Å². The molecule has 0 unspecified atom stereocenters. The number of methoxy groups -OCH3 is 1. The molecule has 0 saturated heterocycles. The van der Waals surface area contributed by atoms with Gasteiger partial charge in [-0.15, -0.1) is 0 Å². The van der Waals surface area contributed by atoms with Gasteiger partial charge in [0, 0.05) is 14.9 Å². The number of carbonyl (C=O) groups is 1. The van der Waals surface area contributed by atoms with Crippen LogP contribution in [0.3, 0.4) is 0 Å². The molecule has 5 heteroatoms. The first-order valence-corrected chi connectivity index (χ1v) is 8.77. The molecule has 0 heterocycles. The molecule has 0 aliphatic rings. The normalized spacial score (nSPS) is 10.5. The molecule has 0 radical (unpaired) electrons. The zero-order valence-electron chi connectivity index (χ0n) is 13.6. The number of carbonyl (C=O) groups excluding carboxylic acids is 1. The summed E-state index contributed by atoms with van der Waals surface area (Å²) in [5.41, 5.74) is 4.47. The monoisotopic (exact) mass is 394 g/mol. The van der Waals surface area contributed by atoms with Crippen LogP contribution in [-0.4, -0.2) is 12.4 Å². The van der Waals surface area contributed by atoms with Crippen LogP contribution in [0.2, 0.25) is 0 Å². The molecule has 0 aliphatic carbocycles. The van der Waals surface area contributed by atoms with Gasteiger partial charge in [0.25, 0.3) is 0 Å². The predicted octanol–water partition coefficient (Wildman–Crippen LogP) is 5.81. The fourth-order valence-corrected chi connectivity index (χ4v) is 3.46. The van der Waals surface area contributed by atoms with Crippen LogP contribution in [0.4, 0.5) is 4.79 Å². The number of thioether (sulfide) groups is 1. The summed E-state index contributed by atoms with van der Waals surface area (Å²) >= 11 is 4.59. The first-order valence-electron chi connectivity index (χ1n) is 7.16. The quantitative estimate of drug-likeness (QED) is 0.483. The molecule has 3 nitrogen and oxygen atoms in total. The molecule has 23 heavy (non-hydrogen) atoms. The van der Waals surface area contributed by atoms with E-state index in [2.05, 4.69) is 41.9 Å².